The first kappa shape index (κ1) is 27.3. The van der Waals surface area contributed by atoms with E-state index in [1.54, 1.807) is 0 Å². The van der Waals surface area contributed by atoms with E-state index in [0.29, 0.717) is 65.7 Å². The molecule has 0 aliphatic rings. The molecule has 1 atom stereocenters. The molecule has 0 spiro atoms. The fourth-order valence-electron chi connectivity index (χ4n) is 2.61. The molecular formula is C22H44O6. The fourth-order valence-corrected chi connectivity index (χ4v) is 2.61. The first-order chi connectivity index (χ1) is 13.7. The summed E-state index contributed by atoms with van der Waals surface area (Å²) >= 11 is 0. The number of carbonyl (C=O) groups is 1. The second-order valence-electron chi connectivity index (χ2n) is 7.01. The fraction of sp³-hybridized carbons (Fsp3) is 0.955. The van der Waals surface area contributed by atoms with Crippen LogP contribution in [0.3, 0.4) is 0 Å². The second-order valence-corrected chi connectivity index (χ2v) is 7.01. The van der Waals surface area contributed by atoms with E-state index in [2.05, 4.69) is 6.92 Å². The van der Waals surface area contributed by atoms with Gasteiger partial charge in [-0.3, -0.25) is 4.79 Å². The van der Waals surface area contributed by atoms with Gasteiger partial charge in [0, 0.05) is 19.6 Å². The monoisotopic (exact) mass is 404 g/mol. The van der Waals surface area contributed by atoms with E-state index in [1.165, 1.54) is 32.1 Å². The van der Waals surface area contributed by atoms with Gasteiger partial charge in [0.1, 0.15) is 0 Å². The summed E-state index contributed by atoms with van der Waals surface area (Å²) in [4.78, 5) is 11.6. The standard InChI is InChI=1S/C22H44O6/c1-4-6-7-8-9-10-11-15-28-22(23)13-12-14-25-18-19-27-21(3)20-26-17-16-24-5-2/h21H,4-20H2,1-3H3. The predicted octanol–water partition coefficient (Wildman–Crippen LogP) is 4.54. The van der Waals surface area contributed by atoms with Gasteiger partial charge in [-0.15, -0.1) is 0 Å². The first-order valence-electron chi connectivity index (χ1n) is 11.2. The second kappa shape index (κ2) is 22.6. The molecule has 0 aliphatic heterocycles. The average Bonchev–Trinajstić information content (AvgIpc) is 2.69. The number of carbonyl (C=O) groups excluding carboxylic acids is 1. The summed E-state index contributed by atoms with van der Waals surface area (Å²) in [6.07, 6.45) is 9.72. The van der Waals surface area contributed by atoms with E-state index in [9.17, 15) is 4.79 Å². The van der Waals surface area contributed by atoms with Crippen molar-refractivity contribution < 1.29 is 28.5 Å². The number of esters is 1. The van der Waals surface area contributed by atoms with E-state index >= 15 is 0 Å². The smallest absolute Gasteiger partial charge is 0.305 e. The molecule has 6 heteroatoms. The molecule has 1 unspecified atom stereocenters. The highest BCUT2D eigenvalue weighted by molar-refractivity contribution is 5.69. The van der Waals surface area contributed by atoms with Gasteiger partial charge in [0.25, 0.3) is 0 Å². The van der Waals surface area contributed by atoms with Gasteiger partial charge in [-0.05, 0) is 26.7 Å². The van der Waals surface area contributed by atoms with E-state index in [-0.39, 0.29) is 12.1 Å². The molecule has 0 fully saturated rings. The van der Waals surface area contributed by atoms with E-state index < -0.39 is 0 Å². The Balaban J connectivity index is 3.25. The van der Waals surface area contributed by atoms with E-state index in [1.807, 2.05) is 13.8 Å². The summed E-state index contributed by atoms with van der Waals surface area (Å²) < 4.78 is 27.0. The Hall–Kier alpha value is -0.690. The molecular weight excluding hydrogens is 360 g/mol. The molecule has 0 saturated heterocycles. The Labute approximate surface area is 172 Å². The highest BCUT2D eigenvalue weighted by Crippen LogP contribution is 2.07. The van der Waals surface area contributed by atoms with Crippen molar-refractivity contribution in [3.8, 4) is 0 Å². The Kier molecular flexibility index (Phi) is 22.0. The van der Waals surface area contributed by atoms with Gasteiger partial charge in [0.2, 0.25) is 0 Å². The van der Waals surface area contributed by atoms with Crippen LogP contribution in [0.25, 0.3) is 0 Å². The van der Waals surface area contributed by atoms with Crippen LogP contribution in [0, 0.1) is 0 Å². The van der Waals surface area contributed by atoms with Crippen molar-refractivity contribution in [1.29, 1.82) is 0 Å². The Morgan fingerprint density at radius 3 is 2.14 bits per heavy atom. The Morgan fingerprint density at radius 2 is 1.39 bits per heavy atom. The molecule has 0 aromatic rings. The minimum Gasteiger partial charge on any atom is -0.466 e. The van der Waals surface area contributed by atoms with Crippen molar-refractivity contribution in [3.63, 3.8) is 0 Å². The van der Waals surface area contributed by atoms with Crippen molar-refractivity contribution in [2.24, 2.45) is 0 Å². The Bertz CT molecular complexity index is 324. The maximum atomic E-state index is 11.6. The summed E-state index contributed by atoms with van der Waals surface area (Å²) in [7, 11) is 0. The summed E-state index contributed by atoms with van der Waals surface area (Å²) in [6.45, 7) is 10.8. The third-order valence-electron chi connectivity index (χ3n) is 4.24. The van der Waals surface area contributed by atoms with Crippen LogP contribution in [0.15, 0.2) is 0 Å². The SMILES string of the molecule is CCCCCCCCCOC(=O)CCCOCCOC(C)COCCOCC. The molecule has 6 nitrogen and oxygen atoms in total. The Morgan fingerprint density at radius 1 is 0.714 bits per heavy atom. The normalized spacial score (nSPS) is 12.2. The highest BCUT2D eigenvalue weighted by Gasteiger charge is 2.04. The molecule has 0 radical (unpaired) electrons. The molecule has 0 amide bonds. The quantitative estimate of drug-likeness (QED) is 0.195. The minimum atomic E-state index is -0.122. The van der Waals surface area contributed by atoms with E-state index in [0.717, 1.165) is 12.8 Å². The maximum absolute atomic E-state index is 11.6. The molecule has 0 saturated carbocycles. The number of hydrogen-bond acceptors (Lipinski definition) is 6. The van der Waals surface area contributed by atoms with Crippen LogP contribution in [0.5, 0.6) is 0 Å². The zero-order valence-electron chi connectivity index (χ0n) is 18.5. The molecule has 0 aliphatic carbocycles. The summed E-state index contributed by atoms with van der Waals surface area (Å²) in [5.74, 6) is -0.122. The van der Waals surface area contributed by atoms with Crippen LogP contribution < -0.4 is 0 Å². The number of unbranched alkanes of at least 4 members (excludes halogenated alkanes) is 6. The lowest BCUT2D eigenvalue weighted by Gasteiger charge is -2.13. The number of hydrogen-bond donors (Lipinski definition) is 0. The number of ether oxygens (including phenoxy) is 5. The predicted molar refractivity (Wildman–Crippen MR) is 112 cm³/mol. The largest absolute Gasteiger partial charge is 0.466 e. The lowest BCUT2D eigenvalue weighted by molar-refractivity contribution is -0.144. The summed E-state index contributed by atoms with van der Waals surface area (Å²) in [5.41, 5.74) is 0. The van der Waals surface area contributed by atoms with Crippen molar-refractivity contribution in [2.45, 2.75) is 84.7 Å². The molecule has 0 N–H and O–H groups in total. The molecule has 0 heterocycles. The number of rotatable bonds is 22. The average molecular weight is 405 g/mol. The molecule has 0 rings (SSSR count). The molecule has 0 aromatic heterocycles. The van der Waals surface area contributed by atoms with Gasteiger partial charge >= 0.3 is 5.97 Å². The zero-order chi connectivity index (χ0) is 20.7. The molecule has 168 valence electrons. The van der Waals surface area contributed by atoms with Gasteiger partial charge in [0.15, 0.2) is 0 Å². The summed E-state index contributed by atoms with van der Waals surface area (Å²) in [5, 5.41) is 0. The van der Waals surface area contributed by atoms with E-state index in [4.69, 9.17) is 23.7 Å². The maximum Gasteiger partial charge on any atom is 0.305 e. The third kappa shape index (κ3) is 21.6. The molecule has 0 bridgehead atoms. The summed E-state index contributed by atoms with van der Waals surface area (Å²) in [6, 6.07) is 0. The van der Waals surface area contributed by atoms with Gasteiger partial charge in [-0.1, -0.05) is 45.4 Å². The minimum absolute atomic E-state index is 0.0341. The highest BCUT2D eigenvalue weighted by atomic mass is 16.6. The lowest BCUT2D eigenvalue weighted by Crippen LogP contribution is -2.20. The van der Waals surface area contributed by atoms with Crippen LogP contribution in [-0.4, -0.2) is 64.9 Å². The van der Waals surface area contributed by atoms with Crippen molar-refractivity contribution >= 4 is 5.97 Å². The van der Waals surface area contributed by atoms with Crippen LogP contribution in [0.4, 0.5) is 0 Å². The van der Waals surface area contributed by atoms with Crippen LogP contribution in [-0.2, 0) is 28.5 Å². The van der Waals surface area contributed by atoms with Crippen LogP contribution in [0.2, 0.25) is 0 Å². The third-order valence-corrected chi connectivity index (χ3v) is 4.24. The van der Waals surface area contributed by atoms with Gasteiger partial charge in [-0.2, -0.15) is 0 Å². The topological polar surface area (TPSA) is 63.2 Å². The van der Waals surface area contributed by atoms with Crippen molar-refractivity contribution in [2.75, 3.05) is 52.9 Å². The zero-order valence-corrected chi connectivity index (χ0v) is 18.5. The van der Waals surface area contributed by atoms with Crippen LogP contribution >= 0.6 is 0 Å². The van der Waals surface area contributed by atoms with Gasteiger partial charge in [0.05, 0.1) is 45.7 Å². The van der Waals surface area contributed by atoms with Gasteiger partial charge < -0.3 is 23.7 Å². The van der Waals surface area contributed by atoms with Crippen molar-refractivity contribution in [1.82, 2.24) is 0 Å². The van der Waals surface area contributed by atoms with Gasteiger partial charge in [-0.25, -0.2) is 0 Å². The van der Waals surface area contributed by atoms with Crippen LogP contribution in [0.1, 0.15) is 78.6 Å². The molecule has 0 aromatic carbocycles. The van der Waals surface area contributed by atoms with Crippen molar-refractivity contribution in [3.05, 3.63) is 0 Å². The lowest BCUT2D eigenvalue weighted by atomic mass is 10.1. The first-order valence-corrected chi connectivity index (χ1v) is 11.2. The molecule has 28 heavy (non-hydrogen) atoms.